The average molecular weight is 467 g/mol. The van der Waals surface area contributed by atoms with Gasteiger partial charge in [-0.2, -0.15) is 24.9 Å². The molecule has 1 saturated heterocycles. The molecule has 0 bridgehead atoms. The van der Waals surface area contributed by atoms with Gasteiger partial charge in [0.05, 0.1) is 21.8 Å². The fourth-order valence-corrected chi connectivity index (χ4v) is 4.50. The Morgan fingerprint density at radius 3 is 2.65 bits per heavy atom. The number of benzene rings is 1. The largest absolute Gasteiger partial charge is 0.417 e. The summed E-state index contributed by atoms with van der Waals surface area (Å²) in [5, 5.41) is 3.16. The van der Waals surface area contributed by atoms with E-state index in [9.17, 15) is 18.0 Å². The van der Waals surface area contributed by atoms with Gasteiger partial charge in [-0.15, -0.1) is 0 Å². The predicted octanol–water partition coefficient (Wildman–Crippen LogP) is 5.54. The first-order valence-electron chi connectivity index (χ1n) is 9.51. The molecule has 4 rings (SSSR count). The van der Waals surface area contributed by atoms with Gasteiger partial charge in [0, 0.05) is 47.6 Å². The molecule has 3 heterocycles. The molecule has 0 saturated carbocycles. The van der Waals surface area contributed by atoms with Crippen molar-refractivity contribution in [3.63, 3.8) is 0 Å². The molecule has 2 aromatic heterocycles. The monoisotopic (exact) mass is 466 g/mol. The second kappa shape index (κ2) is 8.55. The van der Waals surface area contributed by atoms with Crippen LogP contribution in [0.25, 0.3) is 11.0 Å². The zero-order chi connectivity index (χ0) is 22.2. The second-order valence-electron chi connectivity index (χ2n) is 7.09. The Labute approximate surface area is 186 Å². The molecule has 1 fully saturated rings. The van der Waals surface area contributed by atoms with E-state index in [1.54, 1.807) is 28.8 Å². The number of alkyl halides is 3. The summed E-state index contributed by atoms with van der Waals surface area (Å²) in [5.74, 6) is 1.45. The van der Waals surface area contributed by atoms with E-state index in [1.807, 2.05) is 6.92 Å². The van der Waals surface area contributed by atoms with E-state index in [-0.39, 0.29) is 17.2 Å². The average Bonchev–Trinajstić information content (AvgIpc) is 2.74. The number of pyridine rings is 2. The second-order valence-corrected chi connectivity index (χ2v) is 8.72. The number of thioether (sulfide) groups is 1. The fourth-order valence-electron chi connectivity index (χ4n) is 3.37. The Hall–Kier alpha value is -2.52. The van der Waals surface area contributed by atoms with Crippen LogP contribution in [-0.2, 0) is 6.18 Å². The van der Waals surface area contributed by atoms with Crippen LogP contribution in [-0.4, -0.2) is 45.4 Å². The SMILES string of the molecule is Cc1ccc2c(Nc3ccc(Cl)c(C(F)(F)F)c3)c(C(=O)N3CCSCC3)cnc2n1. The highest BCUT2D eigenvalue weighted by Gasteiger charge is 2.33. The quantitative estimate of drug-likeness (QED) is 0.549. The number of fused-ring (bicyclic) bond motifs is 1. The summed E-state index contributed by atoms with van der Waals surface area (Å²) >= 11 is 7.52. The number of carbonyl (C=O) groups excluding carboxylic acids is 1. The number of hydrogen-bond acceptors (Lipinski definition) is 5. The van der Waals surface area contributed by atoms with E-state index >= 15 is 0 Å². The molecular weight excluding hydrogens is 449 g/mol. The standard InChI is InChI=1S/C21H18ClF3N4OS/c1-12-2-4-14-18(28-13-3-5-17(22)16(10-13)21(23,24)25)15(11-26-19(14)27-12)20(30)29-6-8-31-9-7-29/h2-5,10-11H,6-9H2,1H3,(H,26,27,28). The van der Waals surface area contributed by atoms with Crippen LogP contribution in [0.3, 0.4) is 0 Å². The third-order valence-electron chi connectivity index (χ3n) is 4.94. The highest BCUT2D eigenvalue weighted by atomic mass is 35.5. The highest BCUT2D eigenvalue weighted by Crippen LogP contribution is 2.38. The minimum Gasteiger partial charge on any atom is -0.354 e. The van der Waals surface area contributed by atoms with Crippen molar-refractivity contribution < 1.29 is 18.0 Å². The molecule has 1 aromatic carbocycles. The number of amides is 1. The minimum atomic E-state index is -4.60. The zero-order valence-electron chi connectivity index (χ0n) is 16.5. The number of nitrogens with zero attached hydrogens (tertiary/aromatic N) is 3. The van der Waals surface area contributed by atoms with E-state index in [4.69, 9.17) is 11.6 Å². The van der Waals surface area contributed by atoms with Crippen molar-refractivity contribution in [1.29, 1.82) is 0 Å². The third kappa shape index (κ3) is 4.57. The number of anilines is 2. The normalized spacial score (nSPS) is 14.7. The van der Waals surface area contributed by atoms with Crippen LogP contribution in [0.2, 0.25) is 5.02 Å². The zero-order valence-corrected chi connectivity index (χ0v) is 18.0. The summed E-state index contributed by atoms with van der Waals surface area (Å²) in [4.78, 5) is 23.7. The lowest BCUT2D eigenvalue weighted by molar-refractivity contribution is -0.137. The van der Waals surface area contributed by atoms with E-state index in [0.29, 0.717) is 29.8 Å². The van der Waals surface area contributed by atoms with E-state index < -0.39 is 16.8 Å². The van der Waals surface area contributed by atoms with Crippen LogP contribution < -0.4 is 5.32 Å². The molecule has 31 heavy (non-hydrogen) atoms. The number of nitrogens with one attached hydrogen (secondary N) is 1. The minimum absolute atomic E-state index is 0.160. The predicted molar refractivity (Wildman–Crippen MR) is 117 cm³/mol. The summed E-state index contributed by atoms with van der Waals surface area (Å²) in [6.45, 7) is 3.02. The van der Waals surface area contributed by atoms with Gasteiger partial charge in [-0.25, -0.2) is 9.97 Å². The molecule has 1 aliphatic heterocycles. The first kappa shape index (κ1) is 21.7. The molecule has 1 aliphatic rings. The van der Waals surface area contributed by atoms with Crippen molar-refractivity contribution in [2.24, 2.45) is 0 Å². The lowest BCUT2D eigenvalue weighted by Gasteiger charge is -2.27. The molecule has 0 unspecified atom stereocenters. The van der Waals surface area contributed by atoms with E-state index in [1.165, 1.54) is 18.3 Å². The number of hydrogen-bond donors (Lipinski definition) is 1. The van der Waals surface area contributed by atoms with Crippen LogP contribution in [0.15, 0.2) is 36.5 Å². The molecule has 0 atom stereocenters. The molecule has 0 aliphatic carbocycles. The maximum atomic E-state index is 13.3. The smallest absolute Gasteiger partial charge is 0.354 e. The third-order valence-corrected chi connectivity index (χ3v) is 6.21. The van der Waals surface area contributed by atoms with Crippen molar-refractivity contribution in [1.82, 2.24) is 14.9 Å². The van der Waals surface area contributed by atoms with E-state index in [0.717, 1.165) is 23.3 Å². The van der Waals surface area contributed by atoms with Crippen LogP contribution in [0.5, 0.6) is 0 Å². The Balaban J connectivity index is 1.82. The Bertz CT molecular complexity index is 1150. The molecule has 0 radical (unpaired) electrons. The summed E-state index contributed by atoms with van der Waals surface area (Å²) in [7, 11) is 0. The number of rotatable bonds is 3. The Kier molecular flexibility index (Phi) is 5.98. The van der Waals surface area contributed by atoms with Gasteiger partial charge in [0.15, 0.2) is 5.65 Å². The summed E-state index contributed by atoms with van der Waals surface area (Å²) in [5.41, 5.74) is 1.01. The maximum absolute atomic E-state index is 13.3. The lowest BCUT2D eigenvalue weighted by Crippen LogP contribution is -2.38. The Morgan fingerprint density at radius 1 is 1.19 bits per heavy atom. The van der Waals surface area contributed by atoms with Gasteiger partial charge in [0.25, 0.3) is 5.91 Å². The number of aromatic nitrogens is 2. The van der Waals surface area contributed by atoms with Gasteiger partial charge in [-0.1, -0.05) is 11.6 Å². The van der Waals surface area contributed by atoms with E-state index in [2.05, 4.69) is 15.3 Å². The Morgan fingerprint density at radius 2 is 1.94 bits per heavy atom. The molecule has 10 heteroatoms. The van der Waals surface area contributed by atoms with Crippen LogP contribution in [0, 0.1) is 6.92 Å². The van der Waals surface area contributed by atoms with Crippen molar-refractivity contribution in [3.8, 4) is 0 Å². The van der Waals surface area contributed by atoms with Gasteiger partial charge in [0.1, 0.15) is 0 Å². The molecule has 0 spiro atoms. The number of halogens is 4. The topological polar surface area (TPSA) is 58.1 Å². The van der Waals surface area contributed by atoms with Gasteiger partial charge >= 0.3 is 6.18 Å². The van der Waals surface area contributed by atoms with Gasteiger partial charge < -0.3 is 10.2 Å². The van der Waals surface area contributed by atoms with Crippen LogP contribution >= 0.6 is 23.4 Å². The first-order chi connectivity index (χ1) is 14.7. The molecule has 1 amide bonds. The van der Waals surface area contributed by atoms with Crippen LogP contribution in [0.4, 0.5) is 24.5 Å². The molecule has 1 N–H and O–H groups in total. The summed E-state index contributed by atoms with van der Waals surface area (Å²) in [6, 6.07) is 7.08. The van der Waals surface area contributed by atoms with Crippen molar-refractivity contribution in [2.75, 3.05) is 29.9 Å². The number of aryl methyl sites for hydroxylation is 1. The maximum Gasteiger partial charge on any atom is 0.417 e. The first-order valence-corrected chi connectivity index (χ1v) is 11.0. The molecule has 3 aromatic rings. The molecule has 162 valence electrons. The van der Waals surface area contributed by atoms with Gasteiger partial charge in [-0.05, 0) is 37.3 Å². The van der Waals surface area contributed by atoms with Crippen molar-refractivity contribution in [3.05, 3.63) is 58.4 Å². The summed E-state index contributed by atoms with van der Waals surface area (Å²) < 4.78 is 40.0. The summed E-state index contributed by atoms with van der Waals surface area (Å²) in [6.07, 6.45) is -3.17. The fraction of sp³-hybridized carbons (Fsp3) is 0.286. The van der Waals surface area contributed by atoms with Crippen molar-refractivity contribution in [2.45, 2.75) is 13.1 Å². The van der Waals surface area contributed by atoms with Crippen molar-refractivity contribution >= 4 is 51.7 Å². The van der Waals surface area contributed by atoms with Gasteiger partial charge in [0.2, 0.25) is 0 Å². The van der Waals surface area contributed by atoms with Gasteiger partial charge in [-0.3, -0.25) is 4.79 Å². The highest BCUT2D eigenvalue weighted by molar-refractivity contribution is 7.99. The molecular formula is C21H18ClF3N4OS. The molecule has 5 nitrogen and oxygen atoms in total. The number of carbonyl (C=O) groups is 1. The van der Waals surface area contributed by atoms with Crippen LogP contribution in [0.1, 0.15) is 21.6 Å². The lowest BCUT2D eigenvalue weighted by atomic mass is 10.1.